The van der Waals surface area contributed by atoms with Gasteiger partial charge in [-0.25, -0.2) is 0 Å². The molecule has 0 aliphatic carbocycles. The molecule has 1 N–H and O–H groups in total. The van der Waals surface area contributed by atoms with Gasteiger partial charge < -0.3 is 10.2 Å². The maximum Gasteiger partial charge on any atom is 0.0443 e. The van der Waals surface area contributed by atoms with Crippen molar-refractivity contribution in [2.24, 2.45) is 11.3 Å². The van der Waals surface area contributed by atoms with Gasteiger partial charge in [0, 0.05) is 43.3 Å². The third-order valence-electron chi connectivity index (χ3n) is 3.09. The molecule has 0 aliphatic rings. The van der Waals surface area contributed by atoms with E-state index in [-0.39, 0.29) is 5.41 Å². The highest BCUT2D eigenvalue weighted by atomic mass is 15.1. The Morgan fingerprint density at radius 1 is 1.30 bits per heavy atom. The SMILES string of the molecule is Cc1cc(N(C)CC(C)(C)C)c(CNCC(C)C)cn1. The molecule has 0 unspecified atom stereocenters. The topological polar surface area (TPSA) is 28.2 Å². The number of aromatic nitrogens is 1. The highest BCUT2D eigenvalue weighted by molar-refractivity contribution is 5.53. The molecule has 3 nitrogen and oxygen atoms in total. The molecule has 0 fully saturated rings. The summed E-state index contributed by atoms with van der Waals surface area (Å²) in [6, 6.07) is 2.19. The molecule has 114 valence electrons. The Bertz CT molecular complexity index is 419. The number of anilines is 1. The molecule has 0 spiro atoms. The lowest BCUT2D eigenvalue weighted by atomic mass is 9.96. The first-order valence-corrected chi connectivity index (χ1v) is 7.56. The van der Waals surface area contributed by atoms with Gasteiger partial charge in [-0.1, -0.05) is 34.6 Å². The van der Waals surface area contributed by atoms with Crippen LogP contribution in [0.4, 0.5) is 5.69 Å². The maximum atomic E-state index is 4.45. The predicted octanol–water partition coefficient (Wildman–Crippen LogP) is 3.62. The lowest BCUT2D eigenvalue weighted by molar-refractivity contribution is 0.418. The molecule has 0 saturated carbocycles. The van der Waals surface area contributed by atoms with Crippen LogP contribution < -0.4 is 10.2 Å². The van der Waals surface area contributed by atoms with Crippen molar-refractivity contribution in [1.82, 2.24) is 10.3 Å². The molecule has 0 saturated heterocycles. The summed E-state index contributed by atoms with van der Waals surface area (Å²) in [5.41, 5.74) is 3.94. The van der Waals surface area contributed by atoms with E-state index >= 15 is 0 Å². The van der Waals surface area contributed by atoms with Gasteiger partial charge in [0.25, 0.3) is 0 Å². The molecule has 1 rings (SSSR count). The summed E-state index contributed by atoms with van der Waals surface area (Å²) < 4.78 is 0. The minimum Gasteiger partial charge on any atom is -0.374 e. The highest BCUT2D eigenvalue weighted by Gasteiger charge is 2.16. The van der Waals surface area contributed by atoms with E-state index in [0.717, 1.165) is 25.3 Å². The quantitative estimate of drug-likeness (QED) is 0.861. The normalized spacial score (nSPS) is 12.0. The Balaban J connectivity index is 2.84. The van der Waals surface area contributed by atoms with Gasteiger partial charge in [0.15, 0.2) is 0 Å². The van der Waals surface area contributed by atoms with Gasteiger partial charge in [0.2, 0.25) is 0 Å². The van der Waals surface area contributed by atoms with Crippen molar-refractivity contribution in [3.63, 3.8) is 0 Å². The summed E-state index contributed by atoms with van der Waals surface area (Å²) in [6.07, 6.45) is 2.01. The van der Waals surface area contributed by atoms with Gasteiger partial charge in [0.1, 0.15) is 0 Å². The van der Waals surface area contributed by atoms with Gasteiger partial charge in [-0.3, -0.25) is 4.98 Å². The lowest BCUT2D eigenvalue weighted by Gasteiger charge is -2.30. The highest BCUT2D eigenvalue weighted by Crippen LogP contribution is 2.24. The maximum absolute atomic E-state index is 4.45. The van der Waals surface area contributed by atoms with Crippen LogP contribution in [-0.2, 0) is 6.54 Å². The summed E-state index contributed by atoms with van der Waals surface area (Å²) in [7, 11) is 2.17. The van der Waals surface area contributed by atoms with Crippen molar-refractivity contribution in [3.05, 3.63) is 23.5 Å². The number of hydrogen-bond acceptors (Lipinski definition) is 3. The second-order valence-corrected chi connectivity index (χ2v) is 7.40. The standard InChI is InChI=1S/C17H31N3/c1-13(2)9-18-10-15-11-19-14(3)8-16(15)20(7)12-17(4,5)6/h8,11,13,18H,9-10,12H2,1-7H3. The van der Waals surface area contributed by atoms with Crippen LogP contribution >= 0.6 is 0 Å². The van der Waals surface area contributed by atoms with Crippen LogP contribution in [0.1, 0.15) is 45.9 Å². The zero-order chi connectivity index (χ0) is 15.3. The van der Waals surface area contributed by atoms with E-state index in [2.05, 4.69) is 69.9 Å². The molecule has 0 bridgehead atoms. The molecule has 0 atom stereocenters. The van der Waals surface area contributed by atoms with Crippen molar-refractivity contribution in [1.29, 1.82) is 0 Å². The number of aryl methyl sites for hydroxylation is 1. The van der Waals surface area contributed by atoms with E-state index in [4.69, 9.17) is 0 Å². The molecule has 1 aromatic heterocycles. The van der Waals surface area contributed by atoms with E-state index in [1.54, 1.807) is 0 Å². The summed E-state index contributed by atoms with van der Waals surface area (Å²) in [4.78, 5) is 6.80. The predicted molar refractivity (Wildman–Crippen MR) is 88.2 cm³/mol. The van der Waals surface area contributed by atoms with E-state index in [0.29, 0.717) is 5.92 Å². The third-order valence-corrected chi connectivity index (χ3v) is 3.09. The number of rotatable bonds is 6. The molecule has 20 heavy (non-hydrogen) atoms. The number of nitrogens with zero attached hydrogens (tertiary/aromatic N) is 2. The largest absolute Gasteiger partial charge is 0.374 e. The number of nitrogens with one attached hydrogen (secondary N) is 1. The fourth-order valence-electron chi connectivity index (χ4n) is 2.36. The van der Waals surface area contributed by atoms with Gasteiger partial charge in [-0.05, 0) is 30.9 Å². The first-order chi connectivity index (χ1) is 9.19. The van der Waals surface area contributed by atoms with Gasteiger partial charge in [-0.15, -0.1) is 0 Å². The second-order valence-electron chi connectivity index (χ2n) is 7.40. The fourth-order valence-corrected chi connectivity index (χ4v) is 2.36. The molecular formula is C17H31N3. The third kappa shape index (κ3) is 5.91. The summed E-state index contributed by atoms with van der Waals surface area (Å²) in [5, 5.41) is 3.51. The Morgan fingerprint density at radius 3 is 2.50 bits per heavy atom. The van der Waals surface area contributed by atoms with E-state index in [9.17, 15) is 0 Å². The summed E-state index contributed by atoms with van der Waals surface area (Å²) in [6.45, 7) is 16.3. The van der Waals surface area contributed by atoms with Crippen molar-refractivity contribution in [2.45, 2.75) is 48.1 Å². The molecule has 1 aromatic rings. The van der Waals surface area contributed by atoms with Crippen molar-refractivity contribution >= 4 is 5.69 Å². The Kier molecular flexibility index (Phi) is 6.00. The first-order valence-electron chi connectivity index (χ1n) is 7.56. The monoisotopic (exact) mass is 277 g/mol. The molecule has 0 aliphatic heterocycles. The molecule has 1 heterocycles. The smallest absolute Gasteiger partial charge is 0.0443 e. The average Bonchev–Trinajstić information content (AvgIpc) is 2.28. The zero-order valence-electron chi connectivity index (χ0n) is 14.2. The van der Waals surface area contributed by atoms with Crippen molar-refractivity contribution in [2.75, 3.05) is 25.0 Å². The molecular weight excluding hydrogens is 246 g/mol. The molecule has 0 radical (unpaired) electrons. The molecule has 0 aromatic carbocycles. The van der Waals surface area contributed by atoms with Crippen molar-refractivity contribution in [3.8, 4) is 0 Å². The Labute approximate surface area is 124 Å². The van der Waals surface area contributed by atoms with Crippen LogP contribution in [0.5, 0.6) is 0 Å². The summed E-state index contributed by atoms with van der Waals surface area (Å²) >= 11 is 0. The Hall–Kier alpha value is -1.09. The van der Waals surface area contributed by atoms with Gasteiger partial charge in [0.05, 0.1) is 0 Å². The second kappa shape index (κ2) is 7.07. The van der Waals surface area contributed by atoms with Crippen LogP contribution in [0.25, 0.3) is 0 Å². The number of pyridine rings is 1. The fraction of sp³-hybridized carbons (Fsp3) is 0.706. The van der Waals surface area contributed by atoms with Crippen LogP contribution in [0, 0.1) is 18.3 Å². The first kappa shape index (κ1) is 17.0. The zero-order valence-corrected chi connectivity index (χ0v) is 14.2. The lowest BCUT2D eigenvalue weighted by Crippen LogP contribution is -2.30. The van der Waals surface area contributed by atoms with E-state index in [1.807, 2.05) is 6.20 Å². The average molecular weight is 277 g/mol. The molecule has 3 heteroatoms. The minimum atomic E-state index is 0.286. The Morgan fingerprint density at radius 2 is 1.95 bits per heavy atom. The minimum absolute atomic E-state index is 0.286. The molecule has 0 amide bonds. The summed E-state index contributed by atoms with van der Waals surface area (Å²) in [5.74, 6) is 0.671. The van der Waals surface area contributed by atoms with E-state index < -0.39 is 0 Å². The van der Waals surface area contributed by atoms with Crippen LogP contribution in [0.2, 0.25) is 0 Å². The van der Waals surface area contributed by atoms with Gasteiger partial charge >= 0.3 is 0 Å². The van der Waals surface area contributed by atoms with Crippen molar-refractivity contribution < 1.29 is 0 Å². The van der Waals surface area contributed by atoms with Crippen LogP contribution in [0.3, 0.4) is 0 Å². The van der Waals surface area contributed by atoms with Crippen LogP contribution in [-0.4, -0.2) is 25.1 Å². The van der Waals surface area contributed by atoms with Crippen LogP contribution in [0.15, 0.2) is 12.3 Å². The van der Waals surface area contributed by atoms with E-state index in [1.165, 1.54) is 11.3 Å². The number of hydrogen-bond donors (Lipinski definition) is 1. The van der Waals surface area contributed by atoms with Gasteiger partial charge in [-0.2, -0.15) is 0 Å².